The van der Waals surface area contributed by atoms with E-state index in [0.29, 0.717) is 0 Å². The zero-order valence-electron chi connectivity index (χ0n) is 14.5. The predicted octanol–water partition coefficient (Wildman–Crippen LogP) is 3.88. The molecule has 4 aromatic rings. The molecule has 0 saturated heterocycles. The summed E-state index contributed by atoms with van der Waals surface area (Å²) in [7, 11) is 4.22. The summed E-state index contributed by atoms with van der Waals surface area (Å²) in [4.78, 5) is 10.4. The van der Waals surface area contributed by atoms with Crippen molar-refractivity contribution < 1.29 is 0 Å². The van der Waals surface area contributed by atoms with Crippen molar-refractivity contribution in [2.45, 2.75) is 6.42 Å². The predicted molar refractivity (Wildman–Crippen MR) is 117 cm³/mol. The number of hydrogen-bond donors (Lipinski definition) is 1. The molecule has 26 heavy (non-hydrogen) atoms. The maximum absolute atomic E-state index is 4.85. The Morgan fingerprint density at radius 3 is 2.62 bits per heavy atom. The molecule has 0 aliphatic heterocycles. The molecule has 2 aromatic carbocycles. The molecule has 0 aliphatic rings. The molecule has 0 bridgehead atoms. The van der Waals surface area contributed by atoms with Crippen LogP contribution in [-0.2, 0) is 6.42 Å². The second-order valence-electron chi connectivity index (χ2n) is 6.53. The Kier molecular flexibility index (Phi) is 5.59. The van der Waals surface area contributed by atoms with Crippen LogP contribution in [0.1, 0.15) is 5.56 Å². The molecule has 0 aliphatic carbocycles. The van der Waals surface area contributed by atoms with Gasteiger partial charge in [-0.05, 0) is 44.3 Å². The molecule has 0 amide bonds. The Hall–Kier alpha value is -2.37. The number of fused-ring (bicyclic) bond motifs is 1. The maximum Gasteiger partial charge on any atom is 0.124 e. The van der Waals surface area contributed by atoms with Gasteiger partial charge in [0.2, 0.25) is 0 Å². The second-order valence-corrected chi connectivity index (χ2v) is 7.39. The van der Waals surface area contributed by atoms with Gasteiger partial charge in [0.25, 0.3) is 0 Å². The lowest BCUT2D eigenvalue weighted by Crippen LogP contribution is -2.14. The highest BCUT2D eigenvalue weighted by molar-refractivity contribution is 7.13. The van der Waals surface area contributed by atoms with Crippen LogP contribution in [-0.4, -0.2) is 43.9 Å². The zero-order chi connectivity index (χ0) is 17.2. The van der Waals surface area contributed by atoms with E-state index >= 15 is 0 Å². The first kappa shape index (κ1) is 18.4. The van der Waals surface area contributed by atoms with Crippen molar-refractivity contribution in [3.05, 3.63) is 65.7 Å². The molecule has 3 nitrogen and oxygen atoms in total. The number of aromatic amines is 1. The van der Waals surface area contributed by atoms with Crippen LogP contribution in [0.5, 0.6) is 0 Å². The minimum Gasteiger partial charge on any atom is -0.361 e. The van der Waals surface area contributed by atoms with Crippen molar-refractivity contribution in [2.24, 2.45) is 0 Å². The molecule has 2 aromatic heterocycles. The summed E-state index contributed by atoms with van der Waals surface area (Å²) >= 11 is 1.70. The summed E-state index contributed by atoms with van der Waals surface area (Å²) in [5.41, 5.74) is 5.95. The number of H-pyrrole nitrogens is 1. The SMILES string of the molecule is B.CN(C)CCc1c[nH]c2ccc(-c3nc(-c4ccccc4)cs3)cc12. The summed E-state index contributed by atoms with van der Waals surface area (Å²) in [6.07, 6.45) is 3.18. The number of aromatic nitrogens is 2. The van der Waals surface area contributed by atoms with Gasteiger partial charge in [-0.3, -0.25) is 0 Å². The Morgan fingerprint density at radius 2 is 1.85 bits per heavy atom. The van der Waals surface area contributed by atoms with Gasteiger partial charge in [-0.1, -0.05) is 30.3 Å². The topological polar surface area (TPSA) is 31.9 Å². The summed E-state index contributed by atoms with van der Waals surface area (Å²) in [5.74, 6) is 0. The number of nitrogens with one attached hydrogen (secondary N) is 1. The summed E-state index contributed by atoms with van der Waals surface area (Å²) in [6, 6.07) is 16.9. The number of thiazole rings is 1. The molecule has 1 N–H and O–H groups in total. The van der Waals surface area contributed by atoms with Gasteiger partial charge in [0.1, 0.15) is 5.01 Å². The summed E-state index contributed by atoms with van der Waals surface area (Å²) in [5, 5.41) is 4.51. The van der Waals surface area contributed by atoms with Gasteiger partial charge < -0.3 is 9.88 Å². The number of nitrogens with zero attached hydrogens (tertiary/aromatic N) is 2. The normalized spacial score (nSPS) is 11.0. The molecule has 5 heteroatoms. The van der Waals surface area contributed by atoms with Gasteiger partial charge in [-0.2, -0.15) is 0 Å². The minimum atomic E-state index is 0. The molecule has 0 radical (unpaired) electrons. The third-order valence-corrected chi connectivity index (χ3v) is 5.31. The molecular weight excluding hydrogens is 337 g/mol. The van der Waals surface area contributed by atoms with Crippen molar-refractivity contribution in [2.75, 3.05) is 20.6 Å². The first-order valence-electron chi connectivity index (χ1n) is 8.47. The standard InChI is InChI=1S/C21H21N3S.BH3/c1-24(2)11-10-17-13-22-19-9-8-16(12-18(17)19)21-23-20(14-25-21)15-6-4-3-5-7-15;/h3-9,12-14,22H,10-11H2,1-2H3;1H3. The monoisotopic (exact) mass is 361 g/mol. The fourth-order valence-electron chi connectivity index (χ4n) is 3.01. The molecule has 0 fully saturated rings. The smallest absolute Gasteiger partial charge is 0.124 e. The molecule has 0 saturated carbocycles. The third-order valence-electron chi connectivity index (χ3n) is 4.42. The largest absolute Gasteiger partial charge is 0.361 e. The highest BCUT2D eigenvalue weighted by Crippen LogP contribution is 2.31. The number of likely N-dealkylation sites (N-methyl/N-ethyl adjacent to an activating group) is 1. The second kappa shape index (κ2) is 7.89. The van der Waals surface area contributed by atoms with E-state index in [4.69, 9.17) is 4.98 Å². The Morgan fingerprint density at radius 1 is 1.04 bits per heavy atom. The van der Waals surface area contributed by atoms with Crippen LogP contribution >= 0.6 is 11.3 Å². The van der Waals surface area contributed by atoms with Crippen molar-refractivity contribution in [3.63, 3.8) is 0 Å². The van der Waals surface area contributed by atoms with Crippen LogP contribution in [0.25, 0.3) is 32.7 Å². The average molecular weight is 361 g/mol. The minimum absolute atomic E-state index is 0. The summed E-state index contributed by atoms with van der Waals surface area (Å²) < 4.78 is 0. The maximum atomic E-state index is 4.85. The Bertz CT molecular complexity index is 989. The first-order chi connectivity index (χ1) is 12.2. The van der Waals surface area contributed by atoms with Crippen molar-refractivity contribution in [1.29, 1.82) is 0 Å². The highest BCUT2D eigenvalue weighted by atomic mass is 32.1. The van der Waals surface area contributed by atoms with E-state index in [1.54, 1.807) is 11.3 Å². The van der Waals surface area contributed by atoms with Crippen LogP contribution < -0.4 is 0 Å². The number of benzene rings is 2. The van der Waals surface area contributed by atoms with E-state index in [0.717, 1.165) is 23.7 Å². The van der Waals surface area contributed by atoms with Crippen molar-refractivity contribution in [3.8, 4) is 21.8 Å². The van der Waals surface area contributed by atoms with Gasteiger partial charge in [0, 0.05) is 40.2 Å². The fraction of sp³-hybridized carbons (Fsp3) is 0.190. The van der Waals surface area contributed by atoms with E-state index in [1.165, 1.54) is 27.6 Å². The molecule has 0 atom stereocenters. The third kappa shape index (κ3) is 3.74. The van der Waals surface area contributed by atoms with Crippen molar-refractivity contribution in [1.82, 2.24) is 14.9 Å². The zero-order valence-corrected chi connectivity index (χ0v) is 15.3. The van der Waals surface area contributed by atoms with Gasteiger partial charge in [-0.15, -0.1) is 11.3 Å². The lowest BCUT2D eigenvalue weighted by molar-refractivity contribution is 0.414. The van der Waals surface area contributed by atoms with Crippen molar-refractivity contribution >= 4 is 30.7 Å². The summed E-state index contributed by atoms with van der Waals surface area (Å²) in [6.45, 7) is 1.05. The first-order valence-corrected chi connectivity index (χ1v) is 9.35. The Balaban J connectivity index is 0.00000196. The van der Waals surface area contributed by atoms with E-state index in [2.05, 4.69) is 78.0 Å². The van der Waals surface area contributed by atoms with Gasteiger partial charge in [0.15, 0.2) is 0 Å². The highest BCUT2D eigenvalue weighted by Gasteiger charge is 2.10. The lowest BCUT2D eigenvalue weighted by atomic mass is 10.1. The fourth-order valence-corrected chi connectivity index (χ4v) is 3.84. The molecule has 0 spiro atoms. The number of hydrogen-bond acceptors (Lipinski definition) is 3. The van der Waals surface area contributed by atoms with Crippen LogP contribution in [0, 0.1) is 0 Å². The molecule has 132 valence electrons. The molecule has 4 rings (SSSR count). The van der Waals surface area contributed by atoms with E-state index in [1.807, 2.05) is 6.07 Å². The quantitative estimate of drug-likeness (QED) is 0.547. The van der Waals surface area contributed by atoms with E-state index in [9.17, 15) is 0 Å². The van der Waals surface area contributed by atoms with Gasteiger partial charge >= 0.3 is 0 Å². The average Bonchev–Trinajstić information content (AvgIpc) is 3.27. The van der Waals surface area contributed by atoms with E-state index < -0.39 is 0 Å². The number of rotatable bonds is 5. The molecular formula is C21H24BN3S. The van der Waals surface area contributed by atoms with Gasteiger partial charge in [-0.25, -0.2) is 4.98 Å². The van der Waals surface area contributed by atoms with Crippen LogP contribution in [0.15, 0.2) is 60.1 Å². The van der Waals surface area contributed by atoms with Gasteiger partial charge in [0.05, 0.1) is 14.1 Å². The Labute approximate surface area is 160 Å². The van der Waals surface area contributed by atoms with Crippen LogP contribution in [0.3, 0.4) is 0 Å². The van der Waals surface area contributed by atoms with Crippen LogP contribution in [0.4, 0.5) is 0 Å². The lowest BCUT2D eigenvalue weighted by Gasteiger charge is -2.08. The molecule has 0 unspecified atom stereocenters. The van der Waals surface area contributed by atoms with Crippen LogP contribution in [0.2, 0.25) is 0 Å². The van der Waals surface area contributed by atoms with E-state index in [-0.39, 0.29) is 8.41 Å². The molecule has 2 heterocycles.